The summed E-state index contributed by atoms with van der Waals surface area (Å²) in [5, 5.41) is 3.36. The predicted octanol–water partition coefficient (Wildman–Crippen LogP) is 2.57. The molecule has 0 aromatic heterocycles. The van der Waals surface area contributed by atoms with Crippen molar-refractivity contribution in [1.29, 1.82) is 0 Å². The van der Waals surface area contributed by atoms with Crippen LogP contribution in [0.3, 0.4) is 0 Å². The van der Waals surface area contributed by atoms with E-state index >= 15 is 0 Å². The van der Waals surface area contributed by atoms with Gasteiger partial charge in [-0.1, -0.05) is 19.9 Å². The highest BCUT2D eigenvalue weighted by molar-refractivity contribution is 5.44. The van der Waals surface area contributed by atoms with Crippen LogP contribution in [0.25, 0.3) is 0 Å². The molecule has 1 aliphatic heterocycles. The van der Waals surface area contributed by atoms with Crippen molar-refractivity contribution in [3.05, 3.63) is 23.8 Å². The van der Waals surface area contributed by atoms with E-state index in [1.54, 1.807) is 0 Å². The molecule has 1 aromatic carbocycles. The highest BCUT2D eigenvalue weighted by Crippen LogP contribution is 2.32. The molecule has 1 N–H and O–H groups in total. The summed E-state index contributed by atoms with van der Waals surface area (Å²) in [6.45, 7) is 8.05. The molecule has 0 bridgehead atoms. The van der Waals surface area contributed by atoms with Gasteiger partial charge in [-0.3, -0.25) is 0 Å². The molecule has 0 spiro atoms. The molecule has 4 heteroatoms. The molecule has 0 fully saturated rings. The molecule has 19 heavy (non-hydrogen) atoms. The van der Waals surface area contributed by atoms with Gasteiger partial charge in [0.05, 0.1) is 6.61 Å². The van der Waals surface area contributed by atoms with Gasteiger partial charge in [-0.25, -0.2) is 0 Å². The van der Waals surface area contributed by atoms with Crippen molar-refractivity contribution in [2.45, 2.75) is 26.8 Å². The standard InChI is InChI=1S/C15H23NO3/c1-12(2)5-7-17-8-6-16-10-13-3-4-14-15(9-13)19-11-18-14/h3-4,9,12,16H,5-8,10-11H2,1-2H3. The second-order valence-electron chi connectivity index (χ2n) is 5.16. The van der Waals surface area contributed by atoms with Gasteiger partial charge in [0.1, 0.15) is 0 Å². The van der Waals surface area contributed by atoms with Gasteiger partial charge in [0, 0.05) is 19.7 Å². The quantitative estimate of drug-likeness (QED) is 0.733. The SMILES string of the molecule is CC(C)CCOCCNCc1ccc2c(c1)OCO2. The summed E-state index contributed by atoms with van der Waals surface area (Å²) in [6, 6.07) is 6.04. The van der Waals surface area contributed by atoms with Gasteiger partial charge in [0.2, 0.25) is 6.79 Å². The van der Waals surface area contributed by atoms with Crippen molar-refractivity contribution in [2.24, 2.45) is 5.92 Å². The Morgan fingerprint density at radius 3 is 2.89 bits per heavy atom. The minimum atomic E-state index is 0.329. The van der Waals surface area contributed by atoms with Crippen LogP contribution in [-0.4, -0.2) is 26.6 Å². The fraction of sp³-hybridized carbons (Fsp3) is 0.600. The highest BCUT2D eigenvalue weighted by Gasteiger charge is 2.12. The molecular weight excluding hydrogens is 242 g/mol. The van der Waals surface area contributed by atoms with Crippen molar-refractivity contribution < 1.29 is 14.2 Å². The molecule has 0 amide bonds. The first kappa shape index (κ1) is 14.2. The van der Waals surface area contributed by atoms with E-state index in [1.165, 1.54) is 5.56 Å². The van der Waals surface area contributed by atoms with Gasteiger partial charge in [-0.15, -0.1) is 0 Å². The Kier molecular flexibility index (Phi) is 5.48. The topological polar surface area (TPSA) is 39.7 Å². The summed E-state index contributed by atoms with van der Waals surface area (Å²) in [4.78, 5) is 0. The van der Waals surface area contributed by atoms with E-state index in [9.17, 15) is 0 Å². The number of fused-ring (bicyclic) bond motifs is 1. The molecule has 106 valence electrons. The maximum atomic E-state index is 5.55. The Bertz CT molecular complexity index is 393. The van der Waals surface area contributed by atoms with E-state index in [0.717, 1.165) is 44.2 Å². The van der Waals surface area contributed by atoms with Crippen LogP contribution in [0, 0.1) is 5.92 Å². The third-order valence-corrected chi connectivity index (χ3v) is 3.03. The maximum Gasteiger partial charge on any atom is 0.231 e. The molecule has 1 aromatic rings. The fourth-order valence-corrected chi connectivity index (χ4v) is 1.85. The Labute approximate surface area is 115 Å². The molecular formula is C15H23NO3. The Hall–Kier alpha value is -1.26. The molecule has 0 atom stereocenters. The number of ether oxygens (including phenoxy) is 3. The van der Waals surface area contributed by atoms with Crippen LogP contribution in [-0.2, 0) is 11.3 Å². The lowest BCUT2D eigenvalue weighted by atomic mass is 10.1. The summed E-state index contributed by atoms with van der Waals surface area (Å²) in [6.07, 6.45) is 1.13. The summed E-state index contributed by atoms with van der Waals surface area (Å²) >= 11 is 0. The number of hydrogen-bond donors (Lipinski definition) is 1. The van der Waals surface area contributed by atoms with E-state index in [0.29, 0.717) is 12.7 Å². The molecule has 0 saturated carbocycles. The first-order valence-electron chi connectivity index (χ1n) is 6.92. The molecule has 4 nitrogen and oxygen atoms in total. The van der Waals surface area contributed by atoms with Crippen LogP contribution in [0.5, 0.6) is 11.5 Å². The smallest absolute Gasteiger partial charge is 0.231 e. The van der Waals surface area contributed by atoms with Crippen molar-refractivity contribution in [2.75, 3.05) is 26.6 Å². The third kappa shape index (κ3) is 4.73. The number of rotatable bonds is 8. The average molecular weight is 265 g/mol. The summed E-state index contributed by atoms with van der Waals surface area (Å²) in [5.41, 5.74) is 1.20. The Morgan fingerprint density at radius 2 is 2.05 bits per heavy atom. The lowest BCUT2D eigenvalue weighted by Gasteiger charge is -2.08. The second-order valence-corrected chi connectivity index (χ2v) is 5.16. The predicted molar refractivity (Wildman–Crippen MR) is 74.5 cm³/mol. The van der Waals surface area contributed by atoms with Gasteiger partial charge in [-0.2, -0.15) is 0 Å². The van der Waals surface area contributed by atoms with E-state index < -0.39 is 0 Å². The second kappa shape index (κ2) is 7.36. The van der Waals surface area contributed by atoms with Crippen molar-refractivity contribution >= 4 is 0 Å². The normalized spacial score (nSPS) is 13.2. The van der Waals surface area contributed by atoms with Crippen molar-refractivity contribution in [3.63, 3.8) is 0 Å². The molecule has 0 saturated heterocycles. The number of hydrogen-bond acceptors (Lipinski definition) is 4. The van der Waals surface area contributed by atoms with Gasteiger partial charge in [0.25, 0.3) is 0 Å². The average Bonchev–Trinajstić information content (AvgIpc) is 2.84. The minimum Gasteiger partial charge on any atom is -0.454 e. The zero-order chi connectivity index (χ0) is 13.5. The summed E-state index contributed by atoms with van der Waals surface area (Å²) in [7, 11) is 0. The van der Waals surface area contributed by atoms with Crippen LogP contribution in [0.1, 0.15) is 25.8 Å². The van der Waals surface area contributed by atoms with Crippen molar-refractivity contribution in [3.8, 4) is 11.5 Å². The molecule has 2 rings (SSSR count). The molecule has 0 unspecified atom stereocenters. The Morgan fingerprint density at radius 1 is 1.21 bits per heavy atom. The van der Waals surface area contributed by atoms with E-state index in [4.69, 9.17) is 14.2 Å². The van der Waals surface area contributed by atoms with Crippen LogP contribution < -0.4 is 14.8 Å². The Balaban J connectivity index is 1.58. The van der Waals surface area contributed by atoms with Crippen LogP contribution in [0.4, 0.5) is 0 Å². The highest BCUT2D eigenvalue weighted by atomic mass is 16.7. The van der Waals surface area contributed by atoms with Gasteiger partial charge in [-0.05, 0) is 30.0 Å². The fourth-order valence-electron chi connectivity index (χ4n) is 1.85. The van der Waals surface area contributed by atoms with Crippen LogP contribution >= 0.6 is 0 Å². The minimum absolute atomic E-state index is 0.329. The molecule has 0 aliphatic carbocycles. The first-order valence-corrected chi connectivity index (χ1v) is 6.92. The summed E-state index contributed by atoms with van der Waals surface area (Å²) in [5.74, 6) is 2.38. The zero-order valence-corrected chi connectivity index (χ0v) is 11.8. The van der Waals surface area contributed by atoms with Crippen molar-refractivity contribution in [1.82, 2.24) is 5.32 Å². The van der Waals surface area contributed by atoms with E-state index in [2.05, 4.69) is 25.2 Å². The monoisotopic (exact) mass is 265 g/mol. The lowest BCUT2D eigenvalue weighted by molar-refractivity contribution is 0.125. The van der Waals surface area contributed by atoms with E-state index in [1.807, 2.05) is 12.1 Å². The zero-order valence-electron chi connectivity index (χ0n) is 11.8. The number of nitrogens with one attached hydrogen (secondary N) is 1. The van der Waals surface area contributed by atoms with E-state index in [-0.39, 0.29) is 0 Å². The van der Waals surface area contributed by atoms with Gasteiger partial charge < -0.3 is 19.5 Å². The van der Waals surface area contributed by atoms with Gasteiger partial charge >= 0.3 is 0 Å². The van der Waals surface area contributed by atoms with Crippen LogP contribution in [0.15, 0.2) is 18.2 Å². The lowest BCUT2D eigenvalue weighted by Crippen LogP contribution is -2.19. The first-order chi connectivity index (χ1) is 9.25. The molecule has 0 radical (unpaired) electrons. The maximum absolute atomic E-state index is 5.55. The van der Waals surface area contributed by atoms with Crippen LogP contribution in [0.2, 0.25) is 0 Å². The molecule has 1 heterocycles. The largest absolute Gasteiger partial charge is 0.454 e. The molecule has 1 aliphatic rings. The van der Waals surface area contributed by atoms with Gasteiger partial charge in [0.15, 0.2) is 11.5 Å². The summed E-state index contributed by atoms with van der Waals surface area (Å²) < 4.78 is 16.2. The number of benzene rings is 1. The third-order valence-electron chi connectivity index (χ3n) is 3.03.